The minimum absolute atomic E-state index is 0.0168. The van der Waals surface area contributed by atoms with Gasteiger partial charge in [0.05, 0.1) is 29.7 Å². The van der Waals surface area contributed by atoms with Crippen LogP contribution in [-0.4, -0.2) is 48.8 Å². The molecule has 0 saturated carbocycles. The smallest absolute Gasteiger partial charge is 0.171 e. The summed E-state index contributed by atoms with van der Waals surface area (Å²) in [6.45, 7) is 1.57. The van der Waals surface area contributed by atoms with Crippen molar-refractivity contribution in [1.29, 1.82) is 10.8 Å². The molecule has 1 aliphatic heterocycles. The number of rotatable bonds is 3. The lowest BCUT2D eigenvalue weighted by atomic mass is 10.1. The molecular formula is C24H24FN7OS. The quantitative estimate of drug-likeness (QED) is 0.238. The standard InChI is InChI=1S/C24H24FN7OS/c1-30-13-17(11-29-30)16-10-21(25)23(26)32(14-16)24(27)34-20-2-3-22-15(9-20)8-18(12-28-22)31-6-4-19(33)5-7-31/h2-3,8-14,19,26-27,33H,4-7H2,1H3. The molecule has 4 aromatic rings. The van der Waals surface area contributed by atoms with Gasteiger partial charge >= 0.3 is 0 Å². The van der Waals surface area contributed by atoms with Gasteiger partial charge in [-0.2, -0.15) is 5.10 Å². The van der Waals surface area contributed by atoms with Crippen molar-refractivity contribution in [1.82, 2.24) is 19.3 Å². The van der Waals surface area contributed by atoms with Crippen LogP contribution in [-0.2, 0) is 7.05 Å². The normalized spacial score (nSPS) is 14.6. The number of anilines is 1. The van der Waals surface area contributed by atoms with Gasteiger partial charge in [0.2, 0.25) is 0 Å². The van der Waals surface area contributed by atoms with Gasteiger partial charge in [-0.05, 0) is 43.2 Å². The van der Waals surface area contributed by atoms with E-state index >= 15 is 0 Å². The highest BCUT2D eigenvalue weighted by molar-refractivity contribution is 8.13. The molecule has 0 unspecified atom stereocenters. The number of piperidine rings is 1. The topological polar surface area (TPSA) is 107 Å². The molecule has 0 bridgehead atoms. The van der Waals surface area contributed by atoms with E-state index < -0.39 is 5.82 Å². The predicted molar refractivity (Wildman–Crippen MR) is 131 cm³/mol. The lowest BCUT2D eigenvalue weighted by molar-refractivity contribution is 0.145. The van der Waals surface area contributed by atoms with Crippen molar-refractivity contribution in [2.45, 2.75) is 23.8 Å². The van der Waals surface area contributed by atoms with Crippen LogP contribution in [0.2, 0.25) is 0 Å². The van der Waals surface area contributed by atoms with E-state index in [9.17, 15) is 9.50 Å². The Balaban J connectivity index is 1.42. The number of fused-ring (bicyclic) bond motifs is 1. The van der Waals surface area contributed by atoms with Gasteiger partial charge in [-0.1, -0.05) is 11.8 Å². The fourth-order valence-corrected chi connectivity index (χ4v) is 4.86. The largest absolute Gasteiger partial charge is 0.393 e. The highest BCUT2D eigenvalue weighted by atomic mass is 32.2. The highest BCUT2D eigenvalue weighted by Crippen LogP contribution is 2.28. The van der Waals surface area contributed by atoms with Gasteiger partial charge in [0.15, 0.2) is 16.5 Å². The van der Waals surface area contributed by atoms with Crippen LogP contribution < -0.4 is 10.4 Å². The summed E-state index contributed by atoms with van der Waals surface area (Å²) in [5, 5.41) is 31.5. The second-order valence-corrected chi connectivity index (χ2v) is 9.43. The summed E-state index contributed by atoms with van der Waals surface area (Å²) in [7, 11) is 1.78. The van der Waals surface area contributed by atoms with Crippen LogP contribution in [0, 0.1) is 16.6 Å². The zero-order valence-corrected chi connectivity index (χ0v) is 19.4. The van der Waals surface area contributed by atoms with E-state index in [4.69, 9.17) is 10.8 Å². The Labute approximate surface area is 199 Å². The van der Waals surface area contributed by atoms with Crippen LogP contribution >= 0.6 is 11.8 Å². The molecule has 3 N–H and O–H groups in total. The fourth-order valence-electron chi connectivity index (χ4n) is 4.07. The van der Waals surface area contributed by atoms with Gasteiger partial charge in [0, 0.05) is 53.9 Å². The van der Waals surface area contributed by atoms with E-state index in [-0.39, 0.29) is 16.8 Å². The predicted octanol–water partition coefficient (Wildman–Crippen LogP) is 3.59. The Kier molecular flexibility index (Phi) is 5.93. The van der Waals surface area contributed by atoms with Crippen molar-refractivity contribution in [2.24, 2.45) is 7.05 Å². The summed E-state index contributed by atoms with van der Waals surface area (Å²) in [6.07, 6.45) is 8.07. The molecule has 0 radical (unpaired) electrons. The van der Waals surface area contributed by atoms with Crippen molar-refractivity contribution in [2.75, 3.05) is 18.0 Å². The number of aryl methyl sites for hydroxylation is 1. The molecule has 1 saturated heterocycles. The summed E-state index contributed by atoms with van der Waals surface area (Å²) in [4.78, 5) is 7.58. The van der Waals surface area contributed by atoms with Gasteiger partial charge in [0.1, 0.15) is 0 Å². The molecule has 0 spiro atoms. The zero-order chi connectivity index (χ0) is 23.8. The average molecular weight is 478 g/mol. The second-order valence-electron chi connectivity index (χ2n) is 8.37. The van der Waals surface area contributed by atoms with Gasteiger partial charge in [-0.3, -0.25) is 25.1 Å². The molecule has 0 amide bonds. The van der Waals surface area contributed by atoms with Crippen LogP contribution in [0.1, 0.15) is 12.8 Å². The maximum atomic E-state index is 14.5. The summed E-state index contributed by atoms with van der Waals surface area (Å²) in [5.41, 5.74) is 2.73. The maximum Gasteiger partial charge on any atom is 0.171 e. The Morgan fingerprint density at radius 3 is 2.65 bits per heavy atom. The fraction of sp³-hybridized carbons (Fsp3) is 0.250. The van der Waals surface area contributed by atoms with Gasteiger partial charge in [0.25, 0.3) is 0 Å². The van der Waals surface area contributed by atoms with Crippen LogP contribution in [0.25, 0.3) is 22.0 Å². The van der Waals surface area contributed by atoms with Crippen LogP contribution in [0.15, 0.2) is 60.0 Å². The van der Waals surface area contributed by atoms with Crippen molar-refractivity contribution in [3.8, 4) is 11.1 Å². The van der Waals surface area contributed by atoms with Crippen LogP contribution in [0.5, 0.6) is 0 Å². The number of pyridine rings is 2. The Bertz CT molecular complexity index is 1440. The molecule has 1 aromatic carbocycles. The number of benzene rings is 1. The molecule has 174 valence electrons. The number of aliphatic hydroxyl groups is 1. The second kappa shape index (κ2) is 9.03. The van der Waals surface area contributed by atoms with Crippen molar-refractivity contribution >= 4 is 33.5 Å². The number of halogens is 1. The summed E-state index contributed by atoms with van der Waals surface area (Å²) in [5.74, 6) is -0.703. The third-order valence-electron chi connectivity index (χ3n) is 5.96. The van der Waals surface area contributed by atoms with Crippen LogP contribution in [0.3, 0.4) is 0 Å². The Hall–Kier alpha value is -3.50. The molecule has 4 heterocycles. The molecule has 3 aromatic heterocycles. The molecule has 1 aliphatic rings. The SMILES string of the molecule is Cn1cc(-c2cc(F)c(=N)n(C(=N)Sc3ccc4ncc(N5CCC(O)CC5)cc4c3)c2)cn1. The average Bonchev–Trinajstić information content (AvgIpc) is 3.27. The van der Waals surface area contributed by atoms with E-state index in [0.717, 1.165) is 59.2 Å². The molecule has 0 aliphatic carbocycles. The lowest BCUT2D eigenvalue weighted by Gasteiger charge is -2.31. The Morgan fingerprint density at radius 1 is 1.12 bits per heavy atom. The molecule has 10 heteroatoms. The number of nitrogens with one attached hydrogen (secondary N) is 2. The number of hydrogen-bond donors (Lipinski definition) is 3. The third-order valence-corrected chi connectivity index (χ3v) is 6.84. The van der Waals surface area contributed by atoms with Crippen molar-refractivity contribution < 1.29 is 9.50 Å². The van der Waals surface area contributed by atoms with E-state index in [2.05, 4.69) is 21.0 Å². The molecule has 34 heavy (non-hydrogen) atoms. The van der Waals surface area contributed by atoms with Crippen molar-refractivity contribution in [3.05, 3.63) is 66.4 Å². The third kappa shape index (κ3) is 4.46. The molecule has 8 nitrogen and oxygen atoms in total. The van der Waals surface area contributed by atoms with Gasteiger partial charge in [-0.25, -0.2) is 4.39 Å². The van der Waals surface area contributed by atoms with E-state index in [0.29, 0.717) is 11.1 Å². The number of aliphatic hydroxyl groups excluding tert-OH is 1. The molecule has 1 fully saturated rings. The van der Waals surface area contributed by atoms with Gasteiger partial charge in [-0.15, -0.1) is 0 Å². The summed E-state index contributed by atoms with van der Waals surface area (Å²) >= 11 is 1.15. The van der Waals surface area contributed by atoms with E-state index in [1.807, 2.05) is 24.4 Å². The summed E-state index contributed by atoms with van der Waals surface area (Å²) in [6, 6.07) is 9.08. The van der Waals surface area contributed by atoms with E-state index in [1.165, 1.54) is 10.6 Å². The minimum Gasteiger partial charge on any atom is -0.393 e. The highest BCUT2D eigenvalue weighted by Gasteiger charge is 2.18. The minimum atomic E-state index is -0.703. The van der Waals surface area contributed by atoms with Crippen molar-refractivity contribution in [3.63, 3.8) is 0 Å². The number of nitrogens with zero attached hydrogens (tertiary/aromatic N) is 5. The molecule has 0 atom stereocenters. The van der Waals surface area contributed by atoms with Gasteiger partial charge < -0.3 is 10.0 Å². The first-order valence-electron chi connectivity index (χ1n) is 10.9. The first kappa shape index (κ1) is 22.3. The summed E-state index contributed by atoms with van der Waals surface area (Å²) < 4.78 is 17.4. The monoisotopic (exact) mass is 477 g/mol. The zero-order valence-electron chi connectivity index (χ0n) is 18.6. The number of hydrogen-bond acceptors (Lipinski definition) is 7. The molecular weight excluding hydrogens is 453 g/mol. The lowest BCUT2D eigenvalue weighted by Crippen LogP contribution is -2.35. The van der Waals surface area contributed by atoms with E-state index in [1.54, 1.807) is 30.3 Å². The van der Waals surface area contributed by atoms with Crippen LogP contribution in [0.4, 0.5) is 10.1 Å². The number of thioether (sulfide) groups is 1. The maximum absolute atomic E-state index is 14.5. The first-order valence-corrected chi connectivity index (χ1v) is 11.7. The number of aromatic nitrogens is 4. The molecule has 5 rings (SSSR count). The Morgan fingerprint density at radius 2 is 1.91 bits per heavy atom. The first-order chi connectivity index (χ1) is 16.4.